The third-order valence-corrected chi connectivity index (χ3v) is 4.35. The summed E-state index contributed by atoms with van der Waals surface area (Å²) < 4.78 is 0. The smallest absolute Gasteiger partial charge is 0.226 e. The maximum absolute atomic E-state index is 12.0. The number of nitrogens with zero attached hydrogens (tertiary/aromatic N) is 1. The van der Waals surface area contributed by atoms with Gasteiger partial charge in [0.1, 0.15) is 0 Å². The Labute approximate surface area is 132 Å². The monoisotopic (exact) mass is 309 g/mol. The number of carbonyl (C=O) groups is 1. The fourth-order valence-corrected chi connectivity index (χ4v) is 2.85. The molecule has 1 amide bonds. The van der Waals surface area contributed by atoms with Gasteiger partial charge in [0.05, 0.1) is 12.0 Å². The third kappa shape index (κ3) is 3.69. The molecule has 2 aliphatic rings. The van der Waals surface area contributed by atoms with Gasteiger partial charge in [-0.15, -0.1) is 12.4 Å². The predicted molar refractivity (Wildman–Crippen MR) is 88.1 cm³/mol. The van der Waals surface area contributed by atoms with Crippen molar-refractivity contribution < 1.29 is 4.79 Å². The van der Waals surface area contributed by atoms with E-state index in [9.17, 15) is 4.79 Å². The minimum absolute atomic E-state index is 0. The topological polar surface area (TPSA) is 44.4 Å². The van der Waals surface area contributed by atoms with E-state index in [2.05, 4.69) is 46.7 Å². The van der Waals surface area contributed by atoms with Gasteiger partial charge in [-0.05, 0) is 37.5 Å². The molecule has 0 saturated carbocycles. The molecular formula is C16H24ClN3O. The summed E-state index contributed by atoms with van der Waals surface area (Å²) in [4.78, 5) is 14.4. The highest BCUT2D eigenvalue weighted by Gasteiger charge is 2.26. The Hall–Kier alpha value is -1.26. The van der Waals surface area contributed by atoms with Gasteiger partial charge in [-0.1, -0.05) is 12.1 Å². The normalized spacial score (nSPS) is 19.6. The fourth-order valence-electron chi connectivity index (χ4n) is 2.85. The lowest BCUT2D eigenvalue weighted by Gasteiger charge is -2.28. The number of hydrogen-bond acceptors (Lipinski definition) is 3. The molecule has 3 rings (SSSR count). The predicted octanol–water partition coefficient (Wildman–Crippen LogP) is 2.11. The molecule has 2 fully saturated rings. The molecule has 21 heavy (non-hydrogen) atoms. The van der Waals surface area contributed by atoms with Gasteiger partial charge >= 0.3 is 0 Å². The molecule has 1 unspecified atom stereocenters. The minimum Gasteiger partial charge on any atom is -0.372 e. The average molecular weight is 310 g/mol. The van der Waals surface area contributed by atoms with Gasteiger partial charge in [-0.25, -0.2) is 0 Å². The second-order valence-electron chi connectivity index (χ2n) is 5.87. The summed E-state index contributed by atoms with van der Waals surface area (Å²) in [6.45, 7) is 5.99. The molecule has 0 aliphatic carbocycles. The lowest BCUT2D eigenvalue weighted by Crippen LogP contribution is -2.51. The number of amides is 1. The van der Waals surface area contributed by atoms with Crippen LogP contribution < -0.4 is 15.5 Å². The van der Waals surface area contributed by atoms with Crippen molar-refractivity contribution >= 4 is 24.0 Å². The van der Waals surface area contributed by atoms with Gasteiger partial charge in [-0.2, -0.15) is 0 Å². The molecule has 2 aliphatic heterocycles. The van der Waals surface area contributed by atoms with E-state index in [-0.39, 0.29) is 30.3 Å². The van der Waals surface area contributed by atoms with E-state index in [4.69, 9.17) is 0 Å². The van der Waals surface area contributed by atoms with Crippen LogP contribution in [-0.2, 0) is 4.79 Å². The van der Waals surface area contributed by atoms with Crippen molar-refractivity contribution in [3.63, 3.8) is 0 Å². The number of nitrogens with one attached hydrogen (secondary N) is 2. The fraction of sp³-hybridized carbons (Fsp3) is 0.562. The molecule has 2 N–H and O–H groups in total. The van der Waals surface area contributed by atoms with E-state index in [1.54, 1.807) is 0 Å². The summed E-state index contributed by atoms with van der Waals surface area (Å²) in [5.41, 5.74) is 2.47. The first-order valence-corrected chi connectivity index (χ1v) is 7.60. The molecule has 2 saturated heterocycles. The van der Waals surface area contributed by atoms with Crippen molar-refractivity contribution in [3.05, 3.63) is 29.8 Å². The van der Waals surface area contributed by atoms with Crippen LogP contribution in [0.1, 0.15) is 31.4 Å². The standard InChI is InChI=1S/C16H23N3O.ClH/c1-12(18-16(20)14-10-17-11-14)13-5-4-6-15(9-13)19-7-2-3-8-19;/h4-6,9,12,14,17H,2-3,7-8,10-11H2,1H3,(H,18,20);1H. The summed E-state index contributed by atoms with van der Waals surface area (Å²) in [5.74, 6) is 0.321. The average Bonchev–Trinajstić information content (AvgIpc) is 2.90. The van der Waals surface area contributed by atoms with Crippen LogP contribution in [0, 0.1) is 5.92 Å². The molecule has 0 radical (unpaired) electrons. The lowest BCUT2D eigenvalue weighted by molar-refractivity contribution is -0.127. The highest BCUT2D eigenvalue weighted by Crippen LogP contribution is 2.24. The Morgan fingerprint density at radius 2 is 2.05 bits per heavy atom. The lowest BCUT2D eigenvalue weighted by atomic mass is 10.0. The quantitative estimate of drug-likeness (QED) is 0.895. The van der Waals surface area contributed by atoms with E-state index in [1.807, 2.05) is 0 Å². The maximum atomic E-state index is 12.0. The van der Waals surface area contributed by atoms with E-state index >= 15 is 0 Å². The van der Waals surface area contributed by atoms with Gasteiger partial charge in [0, 0.05) is 31.9 Å². The number of halogens is 1. The Morgan fingerprint density at radius 1 is 1.33 bits per heavy atom. The third-order valence-electron chi connectivity index (χ3n) is 4.35. The molecule has 0 aromatic heterocycles. The molecule has 1 aromatic rings. The molecule has 0 spiro atoms. The van der Waals surface area contributed by atoms with Gasteiger partial charge < -0.3 is 15.5 Å². The van der Waals surface area contributed by atoms with Crippen molar-refractivity contribution in [1.82, 2.24) is 10.6 Å². The highest BCUT2D eigenvalue weighted by atomic mass is 35.5. The van der Waals surface area contributed by atoms with E-state index in [0.717, 1.165) is 26.2 Å². The van der Waals surface area contributed by atoms with Crippen LogP contribution in [-0.4, -0.2) is 32.1 Å². The van der Waals surface area contributed by atoms with Crippen molar-refractivity contribution in [3.8, 4) is 0 Å². The minimum atomic E-state index is 0. The first-order valence-electron chi connectivity index (χ1n) is 7.60. The van der Waals surface area contributed by atoms with Crippen LogP contribution in [0.5, 0.6) is 0 Å². The molecule has 4 nitrogen and oxygen atoms in total. The van der Waals surface area contributed by atoms with Crippen LogP contribution >= 0.6 is 12.4 Å². The molecule has 1 aromatic carbocycles. The van der Waals surface area contributed by atoms with Gasteiger partial charge in [0.25, 0.3) is 0 Å². The van der Waals surface area contributed by atoms with Crippen LogP contribution in [0.25, 0.3) is 0 Å². The van der Waals surface area contributed by atoms with Gasteiger partial charge in [-0.3, -0.25) is 4.79 Å². The molecular weight excluding hydrogens is 286 g/mol. The zero-order valence-corrected chi connectivity index (χ0v) is 13.3. The van der Waals surface area contributed by atoms with E-state index in [0.29, 0.717) is 0 Å². The Balaban J connectivity index is 0.00000161. The second kappa shape index (κ2) is 7.14. The summed E-state index contributed by atoms with van der Waals surface area (Å²) in [7, 11) is 0. The van der Waals surface area contributed by atoms with Crippen LogP contribution in [0.4, 0.5) is 5.69 Å². The number of hydrogen-bond donors (Lipinski definition) is 2. The second-order valence-corrected chi connectivity index (χ2v) is 5.87. The zero-order chi connectivity index (χ0) is 13.9. The van der Waals surface area contributed by atoms with Crippen LogP contribution in [0.2, 0.25) is 0 Å². The summed E-state index contributed by atoms with van der Waals surface area (Å²) in [6, 6.07) is 8.65. The van der Waals surface area contributed by atoms with Crippen LogP contribution in [0.3, 0.4) is 0 Å². The molecule has 1 atom stereocenters. The van der Waals surface area contributed by atoms with E-state index in [1.165, 1.54) is 24.1 Å². The van der Waals surface area contributed by atoms with Crippen molar-refractivity contribution in [2.45, 2.75) is 25.8 Å². The first-order chi connectivity index (χ1) is 9.74. The van der Waals surface area contributed by atoms with Crippen LogP contribution in [0.15, 0.2) is 24.3 Å². The maximum Gasteiger partial charge on any atom is 0.226 e. The zero-order valence-electron chi connectivity index (χ0n) is 12.5. The molecule has 0 bridgehead atoms. The first kappa shape index (κ1) is 16.1. The number of benzene rings is 1. The molecule has 116 valence electrons. The Morgan fingerprint density at radius 3 is 2.67 bits per heavy atom. The Kier molecular flexibility index (Phi) is 5.48. The molecule has 2 heterocycles. The van der Waals surface area contributed by atoms with E-state index < -0.39 is 0 Å². The van der Waals surface area contributed by atoms with Crippen molar-refractivity contribution in [2.24, 2.45) is 5.92 Å². The number of anilines is 1. The van der Waals surface area contributed by atoms with Gasteiger partial charge in [0.2, 0.25) is 5.91 Å². The number of carbonyl (C=O) groups excluding carboxylic acids is 1. The van der Waals surface area contributed by atoms with Crippen molar-refractivity contribution in [2.75, 3.05) is 31.1 Å². The summed E-state index contributed by atoms with van der Waals surface area (Å²) >= 11 is 0. The van der Waals surface area contributed by atoms with Crippen molar-refractivity contribution in [1.29, 1.82) is 0 Å². The summed E-state index contributed by atoms with van der Waals surface area (Å²) in [6.07, 6.45) is 2.57. The summed E-state index contributed by atoms with van der Waals surface area (Å²) in [5, 5.41) is 6.25. The molecule has 5 heteroatoms. The van der Waals surface area contributed by atoms with Gasteiger partial charge in [0.15, 0.2) is 0 Å². The highest BCUT2D eigenvalue weighted by molar-refractivity contribution is 5.85. The SMILES string of the molecule is CC(NC(=O)C1CNC1)c1cccc(N2CCCC2)c1.Cl. The number of rotatable bonds is 4. The largest absolute Gasteiger partial charge is 0.372 e. The Bertz CT molecular complexity index is 484.